The first-order valence-corrected chi connectivity index (χ1v) is 5.93. The van der Waals surface area contributed by atoms with E-state index in [0.717, 1.165) is 12.8 Å². The van der Waals surface area contributed by atoms with Crippen LogP contribution in [0.3, 0.4) is 0 Å². The number of hydrogen-bond donors (Lipinski definition) is 2. The Labute approximate surface area is 110 Å². The Morgan fingerprint density at radius 1 is 1.50 bits per heavy atom. The average Bonchev–Trinajstić information content (AvgIpc) is 2.82. The van der Waals surface area contributed by atoms with Crippen molar-refractivity contribution in [1.29, 1.82) is 0 Å². The summed E-state index contributed by atoms with van der Waals surface area (Å²) in [5.74, 6) is -0.213. The van der Waals surface area contributed by atoms with Gasteiger partial charge in [-0.1, -0.05) is 23.8 Å². The van der Waals surface area contributed by atoms with Crippen LogP contribution < -0.4 is 11.1 Å². The zero-order valence-electron chi connectivity index (χ0n) is 9.69. The Morgan fingerprint density at radius 3 is 2.89 bits per heavy atom. The normalized spacial score (nSPS) is 13.7. The molecule has 1 amide bonds. The van der Waals surface area contributed by atoms with E-state index in [9.17, 15) is 4.79 Å². The lowest BCUT2D eigenvalue weighted by Gasteiger charge is -2.07. The van der Waals surface area contributed by atoms with Crippen LogP contribution in [-0.2, 0) is 0 Å². The summed E-state index contributed by atoms with van der Waals surface area (Å²) in [6.45, 7) is 0.574. The second kappa shape index (κ2) is 5.64. The molecule has 0 aromatic carbocycles. The minimum atomic E-state index is -0.579. The lowest BCUT2D eigenvalue weighted by molar-refractivity contribution is 0.100. The molecular weight excluding hydrogens is 252 g/mol. The average molecular weight is 265 g/mol. The standard InChI is InChI=1S/C12H13ClN4O/c13-12-16-7-9(10(14)18)11(17-12)15-6-5-8-3-1-2-4-8/h1-2,5,7H,3-4,6H2,(H2,14,18)(H,15,16,17). The number of carbonyl (C=O) groups excluding carboxylic acids is 1. The van der Waals surface area contributed by atoms with Crippen molar-refractivity contribution >= 4 is 23.3 Å². The number of allylic oxidation sites excluding steroid dienone is 3. The molecule has 5 nitrogen and oxygen atoms in total. The number of nitrogens with two attached hydrogens (primary N) is 1. The first-order valence-electron chi connectivity index (χ1n) is 5.56. The summed E-state index contributed by atoms with van der Waals surface area (Å²) in [4.78, 5) is 18.9. The lowest BCUT2D eigenvalue weighted by atomic mass is 10.2. The van der Waals surface area contributed by atoms with Gasteiger partial charge in [0.1, 0.15) is 5.82 Å². The molecule has 0 saturated heterocycles. The molecule has 1 aliphatic rings. The van der Waals surface area contributed by atoms with Crippen LogP contribution in [0.25, 0.3) is 0 Å². The number of rotatable bonds is 4. The van der Waals surface area contributed by atoms with Crippen molar-refractivity contribution in [3.63, 3.8) is 0 Å². The van der Waals surface area contributed by atoms with Gasteiger partial charge in [-0.15, -0.1) is 0 Å². The topological polar surface area (TPSA) is 80.9 Å². The maximum atomic E-state index is 11.2. The fourth-order valence-corrected chi connectivity index (χ4v) is 1.82. The molecule has 1 aliphatic carbocycles. The number of nitrogens with zero attached hydrogens (tertiary/aromatic N) is 2. The highest BCUT2D eigenvalue weighted by Gasteiger charge is 2.10. The molecule has 1 aromatic heterocycles. The van der Waals surface area contributed by atoms with E-state index in [2.05, 4.69) is 33.5 Å². The first kappa shape index (κ1) is 12.6. The summed E-state index contributed by atoms with van der Waals surface area (Å²) in [5.41, 5.74) is 6.81. The third kappa shape index (κ3) is 3.07. The van der Waals surface area contributed by atoms with Gasteiger partial charge in [0.05, 0.1) is 5.56 Å². The maximum absolute atomic E-state index is 11.2. The fourth-order valence-electron chi connectivity index (χ4n) is 1.69. The van der Waals surface area contributed by atoms with Crippen LogP contribution in [0.15, 0.2) is 30.0 Å². The molecule has 1 aromatic rings. The Hall–Kier alpha value is -1.88. The zero-order valence-corrected chi connectivity index (χ0v) is 10.4. The highest BCUT2D eigenvalue weighted by atomic mass is 35.5. The molecular formula is C12H13ClN4O. The van der Waals surface area contributed by atoms with Crippen molar-refractivity contribution in [2.75, 3.05) is 11.9 Å². The molecule has 0 atom stereocenters. The molecule has 18 heavy (non-hydrogen) atoms. The quantitative estimate of drug-likeness (QED) is 0.643. The van der Waals surface area contributed by atoms with Crippen LogP contribution in [0.4, 0.5) is 5.82 Å². The molecule has 1 heterocycles. The molecule has 0 unspecified atom stereocenters. The van der Waals surface area contributed by atoms with E-state index in [1.54, 1.807) is 0 Å². The van der Waals surface area contributed by atoms with Crippen molar-refractivity contribution in [2.45, 2.75) is 12.8 Å². The van der Waals surface area contributed by atoms with Gasteiger partial charge in [-0.2, -0.15) is 4.98 Å². The van der Waals surface area contributed by atoms with Crippen molar-refractivity contribution in [1.82, 2.24) is 9.97 Å². The Kier molecular flexibility index (Phi) is 3.94. The summed E-state index contributed by atoms with van der Waals surface area (Å²) < 4.78 is 0. The molecule has 3 N–H and O–H groups in total. The summed E-state index contributed by atoms with van der Waals surface area (Å²) in [6, 6.07) is 0. The highest BCUT2D eigenvalue weighted by molar-refractivity contribution is 6.28. The van der Waals surface area contributed by atoms with Gasteiger partial charge in [-0.05, 0) is 24.4 Å². The van der Waals surface area contributed by atoms with Crippen molar-refractivity contribution in [3.8, 4) is 0 Å². The van der Waals surface area contributed by atoms with Gasteiger partial charge < -0.3 is 11.1 Å². The van der Waals surface area contributed by atoms with Gasteiger partial charge in [0.15, 0.2) is 0 Å². The molecule has 6 heteroatoms. The van der Waals surface area contributed by atoms with E-state index < -0.39 is 5.91 Å². The Bertz CT molecular complexity index is 515. The smallest absolute Gasteiger partial charge is 0.254 e. The van der Waals surface area contributed by atoms with Crippen molar-refractivity contribution in [2.24, 2.45) is 5.73 Å². The van der Waals surface area contributed by atoms with Gasteiger partial charge in [-0.3, -0.25) is 4.79 Å². The zero-order chi connectivity index (χ0) is 13.0. The van der Waals surface area contributed by atoms with Crippen molar-refractivity contribution in [3.05, 3.63) is 40.8 Å². The van der Waals surface area contributed by atoms with Crippen LogP contribution >= 0.6 is 11.6 Å². The third-order valence-electron chi connectivity index (χ3n) is 2.61. The minimum Gasteiger partial charge on any atom is -0.366 e. The molecule has 0 radical (unpaired) electrons. The number of nitrogens with one attached hydrogen (secondary N) is 1. The largest absolute Gasteiger partial charge is 0.366 e. The predicted octanol–water partition coefficient (Wildman–Crippen LogP) is 1.92. The number of amides is 1. The Morgan fingerprint density at radius 2 is 2.22 bits per heavy atom. The van der Waals surface area contributed by atoms with Crippen LogP contribution in [0, 0.1) is 0 Å². The number of halogens is 1. The predicted molar refractivity (Wildman–Crippen MR) is 70.5 cm³/mol. The third-order valence-corrected chi connectivity index (χ3v) is 2.79. The van der Waals surface area contributed by atoms with Crippen LogP contribution in [0.1, 0.15) is 23.2 Å². The van der Waals surface area contributed by atoms with E-state index in [0.29, 0.717) is 12.4 Å². The van der Waals surface area contributed by atoms with Gasteiger partial charge in [0, 0.05) is 12.7 Å². The number of primary amides is 1. The van der Waals surface area contributed by atoms with Crippen LogP contribution in [0.2, 0.25) is 5.28 Å². The van der Waals surface area contributed by atoms with Gasteiger partial charge in [0.25, 0.3) is 5.91 Å². The maximum Gasteiger partial charge on any atom is 0.254 e. The van der Waals surface area contributed by atoms with Gasteiger partial charge in [0.2, 0.25) is 5.28 Å². The monoisotopic (exact) mass is 264 g/mol. The van der Waals surface area contributed by atoms with E-state index in [-0.39, 0.29) is 10.8 Å². The molecule has 0 bridgehead atoms. The minimum absolute atomic E-state index is 0.0812. The lowest BCUT2D eigenvalue weighted by Crippen LogP contribution is -2.16. The summed E-state index contributed by atoms with van der Waals surface area (Å²) in [6.07, 6.45) is 9.61. The van der Waals surface area contributed by atoms with E-state index in [1.807, 2.05) is 0 Å². The SMILES string of the molecule is NC(=O)c1cnc(Cl)nc1NCC=C1CC=CC1. The highest BCUT2D eigenvalue weighted by Crippen LogP contribution is 2.17. The second-order valence-electron chi connectivity index (χ2n) is 3.89. The first-order chi connectivity index (χ1) is 8.66. The van der Waals surface area contributed by atoms with Crippen LogP contribution in [0.5, 0.6) is 0 Å². The summed E-state index contributed by atoms with van der Waals surface area (Å²) in [7, 11) is 0. The second-order valence-corrected chi connectivity index (χ2v) is 4.23. The van der Waals surface area contributed by atoms with E-state index in [4.69, 9.17) is 17.3 Å². The summed E-state index contributed by atoms with van der Waals surface area (Å²) >= 11 is 5.69. The van der Waals surface area contributed by atoms with Gasteiger partial charge >= 0.3 is 0 Å². The molecule has 94 valence electrons. The van der Waals surface area contributed by atoms with E-state index in [1.165, 1.54) is 11.8 Å². The molecule has 2 rings (SSSR count). The molecule has 0 fully saturated rings. The van der Waals surface area contributed by atoms with E-state index >= 15 is 0 Å². The van der Waals surface area contributed by atoms with Crippen LogP contribution in [-0.4, -0.2) is 22.4 Å². The number of carbonyl (C=O) groups is 1. The van der Waals surface area contributed by atoms with Crippen molar-refractivity contribution < 1.29 is 4.79 Å². The fraction of sp³-hybridized carbons (Fsp3) is 0.250. The Balaban J connectivity index is 2.06. The molecule has 0 saturated carbocycles. The molecule has 0 aliphatic heterocycles. The molecule has 0 spiro atoms. The number of anilines is 1. The van der Waals surface area contributed by atoms with Gasteiger partial charge in [-0.25, -0.2) is 4.98 Å². The number of aromatic nitrogens is 2. The summed E-state index contributed by atoms with van der Waals surface area (Å²) in [5, 5.41) is 3.10. The number of hydrogen-bond acceptors (Lipinski definition) is 4.